The molecule has 0 aliphatic heterocycles. The maximum Gasteiger partial charge on any atom is 0.223 e. The fourth-order valence-corrected chi connectivity index (χ4v) is 2.62. The molecule has 0 aromatic heterocycles. The third-order valence-electron chi connectivity index (χ3n) is 3.31. The molecular weight excluding hydrogens is 292 g/mol. The summed E-state index contributed by atoms with van der Waals surface area (Å²) in [5, 5.41) is 6.07. The van der Waals surface area contributed by atoms with E-state index in [9.17, 15) is 4.79 Å². The van der Waals surface area contributed by atoms with Crippen molar-refractivity contribution in [3.8, 4) is 0 Å². The lowest BCUT2D eigenvalue weighted by atomic mass is 10.1. The third kappa shape index (κ3) is 3.56. The van der Waals surface area contributed by atoms with Gasteiger partial charge in [0.05, 0.1) is 0 Å². The molecule has 0 bridgehead atoms. The number of hydrogen-bond acceptors (Lipinski definition) is 2. The van der Waals surface area contributed by atoms with E-state index in [1.807, 2.05) is 19.2 Å². The summed E-state index contributed by atoms with van der Waals surface area (Å²) >= 11 is 3.47. The first-order valence-corrected chi connectivity index (χ1v) is 7.19. The molecule has 1 aliphatic rings. The van der Waals surface area contributed by atoms with Crippen LogP contribution in [-0.4, -0.2) is 26.0 Å². The molecule has 4 heteroatoms. The Morgan fingerprint density at radius 3 is 3.00 bits per heavy atom. The predicted octanol–water partition coefficient (Wildman–Crippen LogP) is 2.28. The van der Waals surface area contributed by atoms with E-state index in [2.05, 4.69) is 38.7 Å². The van der Waals surface area contributed by atoms with Gasteiger partial charge in [0.2, 0.25) is 5.91 Å². The summed E-state index contributed by atoms with van der Waals surface area (Å²) in [5.74, 6) is 0.789. The minimum absolute atomic E-state index is 0.175. The van der Waals surface area contributed by atoms with E-state index in [1.165, 1.54) is 5.56 Å². The van der Waals surface area contributed by atoms with Gasteiger partial charge in [0.1, 0.15) is 0 Å². The zero-order valence-electron chi connectivity index (χ0n) is 10.6. The lowest BCUT2D eigenvalue weighted by molar-refractivity contribution is -0.122. The van der Waals surface area contributed by atoms with Crippen LogP contribution in [0.4, 0.5) is 0 Å². The van der Waals surface area contributed by atoms with Gasteiger partial charge in [0.25, 0.3) is 0 Å². The second kappa shape index (κ2) is 6.34. The molecule has 1 fully saturated rings. The van der Waals surface area contributed by atoms with Gasteiger partial charge in [0.15, 0.2) is 0 Å². The smallest absolute Gasteiger partial charge is 0.223 e. The maximum atomic E-state index is 11.9. The Balaban J connectivity index is 1.78. The van der Waals surface area contributed by atoms with Gasteiger partial charge < -0.3 is 10.6 Å². The topological polar surface area (TPSA) is 41.1 Å². The summed E-state index contributed by atoms with van der Waals surface area (Å²) in [6.07, 6.45) is 1.96. The molecule has 2 atom stereocenters. The lowest BCUT2D eigenvalue weighted by Crippen LogP contribution is -2.28. The summed E-state index contributed by atoms with van der Waals surface area (Å²) in [5.41, 5.74) is 1.26. The van der Waals surface area contributed by atoms with E-state index in [1.54, 1.807) is 0 Å². The van der Waals surface area contributed by atoms with Crippen LogP contribution >= 0.6 is 15.9 Å². The van der Waals surface area contributed by atoms with E-state index in [0.29, 0.717) is 5.92 Å². The number of carbonyl (C=O) groups is 1. The molecule has 0 saturated heterocycles. The highest BCUT2D eigenvalue weighted by molar-refractivity contribution is 9.10. The Hall–Kier alpha value is -0.870. The minimum atomic E-state index is 0.175. The molecule has 1 amide bonds. The fourth-order valence-electron chi connectivity index (χ4n) is 2.20. The van der Waals surface area contributed by atoms with Crippen LogP contribution in [0.1, 0.15) is 24.3 Å². The van der Waals surface area contributed by atoms with E-state index >= 15 is 0 Å². The molecule has 0 radical (unpaired) electrons. The third-order valence-corrected chi connectivity index (χ3v) is 3.80. The molecular formula is C14H19BrN2O. The van der Waals surface area contributed by atoms with Crippen LogP contribution in [0.25, 0.3) is 0 Å². The number of rotatable bonds is 6. The van der Waals surface area contributed by atoms with Gasteiger partial charge in [0, 0.05) is 16.9 Å². The van der Waals surface area contributed by atoms with Crippen LogP contribution in [0.5, 0.6) is 0 Å². The normalized spacial score (nSPS) is 21.7. The number of carbonyl (C=O) groups excluding carboxylic acids is 1. The summed E-state index contributed by atoms with van der Waals surface area (Å²) in [6, 6.07) is 8.25. The van der Waals surface area contributed by atoms with Crippen molar-refractivity contribution in [1.82, 2.24) is 10.6 Å². The Labute approximate surface area is 116 Å². The zero-order valence-corrected chi connectivity index (χ0v) is 12.2. The molecule has 2 rings (SSSR count). The SMILES string of the molecule is CNCCCNC(=O)C1CC1c1cccc(Br)c1. The first kappa shape index (κ1) is 13.6. The van der Waals surface area contributed by atoms with E-state index < -0.39 is 0 Å². The molecule has 1 aliphatic carbocycles. The number of hydrogen-bond donors (Lipinski definition) is 2. The van der Waals surface area contributed by atoms with Gasteiger partial charge in [-0.2, -0.15) is 0 Å². The Kier molecular flexibility index (Phi) is 4.78. The standard InChI is InChI=1S/C14H19BrN2O/c1-16-6-3-7-17-14(18)13-9-12(13)10-4-2-5-11(15)8-10/h2,4-5,8,12-13,16H,3,6-7,9H2,1H3,(H,17,18). The van der Waals surface area contributed by atoms with Gasteiger partial charge >= 0.3 is 0 Å². The van der Waals surface area contributed by atoms with Gasteiger partial charge in [-0.25, -0.2) is 0 Å². The van der Waals surface area contributed by atoms with E-state index in [-0.39, 0.29) is 11.8 Å². The van der Waals surface area contributed by atoms with Crippen molar-refractivity contribution in [3.63, 3.8) is 0 Å². The van der Waals surface area contributed by atoms with Crippen LogP contribution in [0, 0.1) is 5.92 Å². The number of amides is 1. The number of halogens is 1. The first-order chi connectivity index (χ1) is 8.72. The van der Waals surface area contributed by atoms with E-state index in [0.717, 1.165) is 30.4 Å². The van der Waals surface area contributed by atoms with Crippen molar-refractivity contribution in [2.45, 2.75) is 18.8 Å². The average molecular weight is 311 g/mol. The number of nitrogens with one attached hydrogen (secondary N) is 2. The molecule has 3 nitrogen and oxygen atoms in total. The highest BCUT2D eigenvalue weighted by atomic mass is 79.9. The second-order valence-electron chi connectivity index (χ2n) is 4.75. The van der Waals surface area contributed by atoms with Gasteiger partial charge in [-0.3, -0.25) is 4.79 Å². The molecule has 2 unspecified atom stereocenters. The van der Waals surface area contributed by atoms with Crippen LogP contribution in [-0.2, 0) is 4.79 Å². The molecule has 0 spiro atoms. The average Bonchev–Trinajstić information content (AvgIpc) is 3.15. The van der Waals surface area contributed by atoms with Crippen molar-refractivity contribution >= 4 is 21.8 Å². The molecule has 1 saturated carbocycles. The Bertz CT molecular complexity index is 422. The highest BCUT2D eigenvalue weighted by Crippen LogP contribution is 2.47. The largest absolute Gasteiger partial charge is 0.356 e. The highest BCUT2D eigenvalue weighted by Gasteiger charge is 2.43. The molecule has 98 valence electrons. The summed E-state index contributed by atoms with van der Waals surface area (Å²) < 4.78 is 1.08. The fraction of sp³-hybridized carbons (Fsp3) is 0.500. The van der Waals surface area contributed by atoms with Crippen molar-refractivity contribution in [3.05, 3.63) is 34.3 Å². The van der Waals surface area contributed by atoms with Crippen molar-refractivity contribution in [2.24, 2.45) is 5.92 Å². The van der Waals surface area contributed by atoms with Crippen molar-refractivity contribution in [1.29, 1.82) is 0 Å². The van der Waals surface area contributed by atoms with Crippen molar-refractivity contribution < 1.29 is 4.79 Å². The van der Waals surface area contributed by atoms with Crippen LogP contribution < -0.4 is 10.6 Å². The van der Waals surface area contributed by atoms with Crippen LogP contribution in [0.2, 0.25) is 0 Å². The molecule has 1 aromatic rings. The van der Waals surface area contributed by atoms with Crippen molar-refractivity contribution in [2.75, 3.05) is 20.1 Å². The summed E-state index contributed by atoms with van der Waals surface area (Å²) in [6.45, 7) is 1.71. The summed E-state index contributed by atoms with van der Waals surface area (Å²) in [7, 11) is 1.92. The van der Waals surface area contributed by atoms with Gasteiger partial charge in [-0.1, -0.05) is 28.1 Å². The monoisotopic (exact) mass is 310 g/mol. The minimum Gasteiger partial charge on any atom is -0.356 e. The maximum absolute atomic E-state index is 11.9. The molecule has 18 heavy (non-hydrogen) atoms. The van der Waals surface area contributed by atoms with Crippen LogP contribution in [0.3, 0.4) is 0 Å². The van der Waals surface area contributed by atoms with Gasteiger partial charge in [-0.15, -0.1) is 0 Å². The predicted molar refractivity (Wildman–Crippen MR) is 76.5 cm³/mol. The lowest BCUT2D eigenvalue weighted by Gasteiger charge is -2.05. The number of benzene rings is 1. The van der Waals surface area contributed by atoms with Gasteiger partial charge in [-0.05, 0) is 50.0 Å². The quantitative estimate of drug-likeness (QED) is 0.792. The molecule has 0 heterocycles. The zero-order chi connectivity index (χ0) is 13.0. The Morgan fingerprint density at radius 1 is 1.44 bits per heavy atom. The second-order valence-corrected chi connectivity index (χ2v) is 5.67. The molecule has 1 aromatic carbocycles. The van der Waals surface area contributed by atoms with E-state index in [4.69, 9.17) is 0 Å². The summed E-state index contributed by atoms with van der Waals surface area (Å²) in [4.78, 5) is 11.9. The Morgan fingerprint density at radius 2 is 2.28 bits per heavy atom. The van der Waals surface area contributed by atoms with Crippen LogP contribution in [0.15, 0.2) is 28.7 Å². The first-order valence-electron chi connectivity index (χ1n) is 6.40. The molecule has 2 N–H and O–H groups in total.